The first-order chi connectivity index (χ1) is 15.6. The molecule has 2 aromatic rings. The third-order valence-corrected chi connectivity index (χ3v) is 6.49. The molecule has 2 aliphatic rings. The number of ether oxygens (including phenoxy) is 3. The Hall–Kier alpha value is -2.93. The molecule has 0 N–H and O–H groups in total. The van der Waals surface area contributed by atoms with Gasteiger partial charge in [0.05, 0.1) is 27.6 Å². The Bertz CT molecular complexity index is 915. The van der Waals surface area contributed by atoms with Gasteiger partial charge in [-0.25, -0.2) is 0 Å². The van der Waals surface area contributed by atoms with Crippen LogP contribution in [0.2, 0.25) is 0 Å². The van der Waals surface area contributed by atoms with Gasteiger partial charge in [-0.1, -0.05) is 6.08 Å². The van der Waals surface area contributed by atoms with Crippen molar-refractivity contribution in [2.24, 2.45) is 5.92 Å². The number of carbonyl (C=O) groups excluding carboxylic acids is 1. The molecule has 7 nitrogen and oxygen atoms in total. The Morgan fingerprint density at radius 1 is 1.12 bits per heavy atom. The zero-order valence-electron chi connectivity index (χ0n) is 19.1. The number of rotatable bonds is 8. The fourth-order valence-electron chi connectivity index (χ4n) is 4.93. The number of benzene rings is 1. The standard InChI is InChI=1S/C25H32N2O5/c1-29-22-14-18(15-23(30-2)25(22)31-3)16-27-21-10-12-26(17-19(21)8-9-24(27)28)11-4-6-20-7-5-13-32-20/h4-7,13-15,19,21H,8-12,16-17H2,1-3H3/b6-4+/t19-,21+/m1/s1. The van der Waals surface area contributed by atoms with E-state index in [1.807, 2.05) is 30.3 Å². The van der Waals surface area contributed by atoms with Crippen molar-refractivity contribution in [1.82, 2.24) is 9.80 Å². The van der Waals surface area contributed by atoms with Crippen LogP contribution in [0.1, 0.15) is 30.6 Å². The lowest BCUT2D eigenvalue weighted by atomic mass is 9.83. The maximum Gasteiger partial charge on any atom is 0.223 e. The molecule has 0 unspecified atom stereocenters. The van der Waals surface area contributed by atoms with E-state index in [1.165, 1.54) is 0 Å². The van der Waals surface area contributed by atoms with Crippen LogP contribution < -0.4 is 14.2 Å². The van der Waals surface area contributed by atoms with Crippen LogP contribution in [0.3, 0.4) is 0 Å². The van der Waals surface area contributed by atoms with Gasteiger partial charge in [-0.3, -0.25) is 9.69 Å². The second-order valence-electron chi connectivity index (χ2n) is 8.39. The van der Waals surface area contributed by atoms with Gasteiger partial charge in [0, 0.05) is 38.6 Å². The molecule has 4 rings (SSSR count). The van der Waals surface area contributed by atoms with Gasteiger partial charge in [0.1, 0.15) is 5.76 Å². The number of methoxy groups -OCH3 is 3. The predicted molar refractivity (Wildman–Crippen MR) is 122 cm³/mol. The highest BCUT2D eigenvalue weighted by atomic mass is 16.5. The van der Waals surface area contributed by atoms with Gasteiger partial charge < -0.3 is 23.5 Å². The Labute approximate surface area is 189 Å². The van der Waals surface area contributed by atoms with Gasteiger partial charge >= 0.3 is 0 Å². The second kappa shape index (κ2) is 10.1. The number of piperidine rings is 2. The second-order valence-corrected chi connectivity index (χ2v) is 8.39. The zero-order valence-corrected chi connectivity index (χ0v) is 19.1. The number of furan rings is 1. The largest absolute Gasteiger partial charge is 0.493 e. The number of hydrogen-bond acceptors (Lipinski definition) is 6. The monoisotopic (exact) mass is 440 g/mol. The highest BCUT2D eigenvalue weighted by Gasteiger charge is 2.39. The molecule has 3 heterocycles. The highest BCUT2D eigenvalue weighted by Crippen LogP contribution is 2.39. The molecule has 1 aromatic heterocycles. The van der Waals surface area contributed by atoms with Crippen molar-refractivity contribution < 1.29 is 23.4 Å². The summed E-state index contributed by atoms with van der Waals surface area (Å²) in [6.07, 6.45) is 8.39. The van der Waals surface area contributed by atoms with E-state index in [0.29, 0.717) is 36.1 Å². The molecule has 0 radical (unpaired) electrons. The molecular formula is C25H32N2O5. The summed E-state index contributed by atoms with van der Waals surface area (Å²) in [4.78, 5) is 17.4. The number of fused-ring (bicyclic) bond motifs is 1. The first kappa shape index (κ1) is 22.3. The van der Waals surface area contributed by atoms with Gasteiger partial charge in [0.15, 0.2) is 11.5 Å². The summed E-state index contributed by atoms with van der Waals surface area (Å²) in [7, 11) is 4.81. The van der Waals surface area contributed by atoms with E-state index in [2.05, 4.69) is 15.9 Å². The average molecular weight is 441 g/mol. The lowest BCUT2D eigenvalue weighted by Crippen LogP contribution is -2.55. The van der Waals surface area contributed by atoms with E-state index in [9.17, 15) is 4.79 Å². The third kappa shape index (κ3) is 4.78. The molecule has 7 heteroatoms. The molecule has 32 heavy (non-hydrogen) atoms. The van der Waals surface area contributed by atoms with Crippen molar-refractivity contribution in [2.45, 2.75) is 31.8 Å². The van der Waals surface area contributed by atoms with Crippen LogP contribution in [0.5, 0.6) is 17.2 Å². The van der Waals surface area contributed by atoms with Gasteiger partial charge in [-0.05, 0) is 54.7 Å². The average Bonchev–Trinajstić information content (AvgIpc) is 3.33. The molecule has 172 valence electrons. The Morgan fingerprint density at radius 2 is 1.91 bits per heavy atom. The van der Waals surface area contributed by atoms with Crippen molar-refractivity contribution in [3.63, 3.8) is 0 Å². The summed E-state index contributed by atoms with van der Waals surface area (Å²) in [5.74, 6) is 3.38. The van der Waals surface area contributed by atoms with Crippen LogP contribution in [-0.2, 0) is 11.3 Å². The minimum atomic E-state index is 0.228. The summed E-state index contributed by atoms with van der Waals surface area (Å²) in [5.41, 5.74) is 0.984. The maximum atomic E-state index is 12.9. The molecule has 1 amide bonds. The van der Waals surface area contributed by atoms with E-state index in [0.717, 1.165) is 43.8 Å². The zero-order chi connectivity index (χ0) is 22.5. The molecule has 2 fully saturated rings. The molecule has 0 aliphatic carbocycles. The van der Waals surface area contributed by atoms with E-state index in [1.54, 1.807) is 27.6 Å². The third-order valence-electron chi connectivity index (χ3n) is 6.49. The number of amides is 1. The minimum absolute atomic E-state index is 0.228. The van der Waals surface area contributed by atoms with E-state index >= 15 is 0 Å². The normalized spacial score (nSPS) is 21.6. The molecule has 0 spiro atoms. The van der Waals surface area contributed by atoms with E-state index < -0.39 is 0 Å². The molecule has 0 bridgehead atoms. The SMILES string of the molecule is COc1cc(CN2C(=O)CC[C@@H]3CN(C/C=C/c4ccco4)CC[C@@H]32)cc(OC)c1OC. The molecule has 1 aromatic carbocycles. The topological polar surface area (TPSA) is 64.4 Å². The molecule has 0 saturated carbocycles. The Balaban J connectivity index is 1.44. The molecular weight excluding hydrogens is 408 g/mol. The summed E-state index contributed by atoms with van der Waals surface area (Å²) in [6, 6.07) is 7.99. The molecule has 2 aliphatic heterocycles. The first-order valence-electron chi connectivity index (χ1n) is 11.1. The van der Waals surface area contributed by atoms with E-state index in [-0.39, 0.29) is 11.9 Å². The number of carbonyl (C=O) groups is 1. The molecule has 2 saturated heterocycles. The van der Waals surface area contributed by atoms with Crippen LogP contribution in [0.4, 0.5) is 0 Å². The van der Waals surface area contributed by atoms with Crippen LogP contribution in [0.15, 0.2) is 41.0 Å². The van der Waals surface area contributed by atoms with Gasteiger partial charge in [-0.2, -0.15) is 0 Å². The smallest absolute Gasteiger partial charge is 0.223 e. The predicted octanol–water partition coefficient (Wildman–Crippen LogP) is 3.83. The van der Waals surface area contributed by atoms with Gasteiger partial charge in [-0.15, -0.1) is 0 Å². The van der Waals surface area contributed by atoms with Crippen molar-refractivity contribution in [1.29, 1.82) is 0 Å². The van der Waals surface area contributed by atoms with Crippen molar-refractivity contribution in [3.8, 4) is 17.2 Å². The number of likely N-dealkylation sites (tertiary alicyclic amines) is 2. The first-order valence-corrected chi connectivity index (χ1v) is 11.1. The summed E-state index contributed by atoms with van der Waals surface area (Å²) >= 11 is 0. The van der Waals surface area contributed by atoms with E-state index in [4.69, 9.17) is 18.6 Å². The minimum Gasteiger partial charge on any atom is -0.493 e. The van der Waals surface area contributed by atoms with Crippen LogP contribution in [-0.4, -0.2) is 62.7 Å². The van der Waals surface area contributed by atoms with Gasteiger partial charge in [0.2, 0.25) is 11.7 Å². The van der Waals surface area contributed by atoms with Crippen LogP contribution in [0.25, 0.3) is 6.08 Å². The van der Waals surface area contributed by atoms with Crippen LogP contribution >= 0.6 is 0 Å². The quantitative estimate of drug-likeness (QED) is 0.622. The van der Waals surface area contributed by atoms with Crippen molar-refractivity contribution in [3.05, 3.63) is 47.9 Å². The van der Waals surface area contributed by atoms with Crippen LogP contribution in [0, 0.1) is 5.92 Å². The lowest BCUT2D eigenvalue weighted by Gasteiger charge is -2.47. The number of hydrogen-bond donors (Lipinski definition) is 0. The maximum absolute atomic E-state index is 12.9. The number of nitrogens with zero attached hydrogens (tertiary/aromatic N) is 2. The Kier molecular flexibility index (Phi) is 7.05. The molecule has 2 atom stereocenters. The lowest BCUT2D eigenvalue weighted by molar-refractivity contribution is -0.141. The highest BCUT2D eigenvalue weighted by molar-refractivity contribution is 5.77. The van der Waals surface area contributed by atoms with Gasteiger partial charge in [0.25, 0.3) is 0 Å². The Morgan fingerprint density at radius 3 is 2.56 bits per heavy atom. The summed E-state index contributed by atoms with van der Waals surface area (Å²) < 4.78 is 21.8. The fourth-order valence-corrected chi connectivity index (χ4v) is 4.93. The van der Waals surface area contributed by atoms with Crippen molar-refractivity contribution >= 4 is 12.0 Å². The summed E-state index contributed by atoms with van der Waals surface area (Å²) in [6.45, 7) is 3.43. The summed E-state index contributed by atoms with van der Waals surface area (Å²) in [5, 5.41) is 0. The fraction of sp³-hybridized carbons (Fsp3) is 0.480. The van der Waals surface area contributed by atoms with Crippen molar-refractivity contribution in [2.75, 3.05) is 41.0 Å².